The van der Waals surface area contributed by atoms with Crippen molar-refractivity contribution in [3.05, 3.63) is 58.6 Å². The second kappa shape index (κ2) is 7.04. The molecule has 108 valence electrons. The van der Waals surface area contributed by atoms with E-state index in [4.69, 9.17) is 0 Å². The predicted molar refractivity (Wildman–Crippen MR) is 87.2 cm³/mol. The molecule has 0 radical (unpaired) electrons. The zero-order valence-electron chi connectivity index (χ0n) is 11.5. The van der Waals surface area contributed by atoms with Gasteiger partial charge in [-0.2, -0.15) is 0 Å². The molecule has 0 fully saturated rings. The number of rotatable bonds is 4. The van der Waals surface area contributed by atoms with Crippen LogP contribution in [0, 0.1) is 0 Å². The average molecular weight is 347 g/mol. The highest BCUT2D eigenvalue weighted by Crippen LogP contribution is 2.16. The number of carbonyl (C=O) groups is 2. The maximum Gasteiger partial charge on any atom is 0.228 e. The summed E-state index contributed by atoms with van der Waals surface area (Å²) in [5.41, 5.74) is 2.25. The first kappa shape index (κ1) is 15.3. The van der Waals surface area contributed by atoms with Gasteiger partial charge in [-0.1, -0.05) is 34.1 Å². The standard InChI is InChI=1S/C16H15BrN2O2/c1-11(20)18-14-3-2-4-15(10-14)19-16(21)9-12-5-7-13(17)8-6-12/h2-8,10H,9H2,1H3,(H,18,20)(H,19,21). The van der Waals surface area contributed by atoms with Gasteiger partial charge in [0.2, 0.25) is 11.8 Å². The third-order valence-electron chi connectivity index (χ3n) is 2.74. The van der Waals surface area contributed by atoms with Crippen molar-refractivity contribution in [2.45, 2.75) is 13.3 Å². The molecule has 0 unspecified atom stereocenters. The van der Waals surface area contributed by atoms with Crippen LogP contribution in [0.1, 0.15) is 12.5 Å². The largest absolute Gasteiger partial charge is 0.326 e. The van der Waals surface area contributed by atoms with E-state index in [0.717, 1.165) is 10.0 Å². The highest BCUT2D eigenvalue weighted by atomic mass is 79.9. The van der Waals surface area contributed by atoms with Gasteiger partial charge in [-0.25, -0.2) is 0 Å². The van der Waals surface area contributed by atoms with Crippen LogP contribution in [0.25, 0.3) is 0 Å². The average Bonchev–Trinajstić information content (AvgIpc) is 2.41. The molecule has 0 heterocycles. The molecule has 0 aromatic heterocycles. The van der Waals surface area contributed by atoms with Crippen LogP contribution in [0.3, 0.4) is 0 Å². The van der Waals surface area contributed by atoms with E-state index in [0.29, 0.717) is 17.8 Å². The quantitative estimate of drug-likeness (QED) is 0.888. The molecule has 5 heteroatoms. The summed E-state index contributed by atoms with van der Waals surface area (Å²) in [6, 6.07) is 14.7. The van der Waals surface area contributed by atoms with Crippen LogP contribution in [0.15, 0.2) is 53.0 Å². The van der Waals surface area contributed by atoms with E-state index in [2.05, 4.69) is 26.6 Å². The molecule has 0 saturated heterocycles. The van der Waals surface area contributed by atoms with Gasteiger partial charge in [-0.05, 0) is 35.9 Å². The fourth-order valence-corrected chi connectivity index (χ4v) is 2.14. The van der Waals surface area contributed by atoms with Gasteiger partial charge in [0.15, 0.2) is 0 Å². The summed E-state index contributed by atoms with van der Waals surface area (Å²) >= 11 is 3.36. The maximum absolute atomic E-state index is 12.0. The van der Waals surface area contributed by atoms with Crippen LogP contribution in [0.5, 0.6) is 0 Å². The highest BCUT2D eigenvalue weighted by molar-refractivity contribution is 9.10. The zero-order valence-corrected chi connectivity index (χ0v) is 13.1. The van der Waals surface area contributed by atoms with Gasteiger partial charge in [0.1, 0.15) is 0 Å². The van der Waals surface area contributed by atoms with Crippen LogP contribution in [0.2, 0.25) is 0 Å². The van der Waals surface area contributed by atoms with Gasteiger partial charge in [0.05, 0.1) is 6.42 Å². The molecule has 2 amide bonds. The van der Waals surface area contributed by atoms with Crippen LogP contribution >= 0.6 is 15.9 Å². The molecule has 0 aliphatic heterocycles. The van der Waals surface area contributed by atoms with Gasteiger partial charge >= 0.3 is 0 Å². The van der Waals surface area contributed by atoms with Crippen molar-refractivity contribution in [3.8, 4) is 0 Å². The van der Waals surface area contributed by atoms with Gasteiger partial charge in [-0.3, -0.25) is 9.59 Å². The van der Waals surface area contributed by atoms with Crippen LogP contribution in [-0.2, 0) is 16.0 Å². The minimum Gasteiger partial charge on any atom is -0.326 e. The fourth-order valence-electron chi connectivity index (χ4n) is 1.87. The summed E-state index contributed by atoms with van der Waals surface area (Å²) in [5, 5.41) is 5.50. The third-order valence-corrected chi connectivity index (χ3v) is 3.27. The topological polar surface area (TPSA) is 58.2 Å². The summed E-state index contributed by atoms with van der Waals surface area (Å²) < 4.78 is 0.981. The molecular formula is C16H15BrN2O2. The summed E-state index contributed by atoms with van der Waals surface area (Å²) in [4.78, 5) is 23.0. The Kier molecular flexibility index (Phi) is 5.11. The zero-order chi connectivity index (χ0) is 15.2. The highest BCUT2D eigenvalue weighted by Gasteiger charge is 2.05. The Morgan fingerprint density at radius 3 is 2.24 bits per heavy atom. The van der Waals surface area contributed by atoms with Crippen molar-refractivity contribution < 1.29 is 9.59 Å². The lowest BCUT2D eigenvalue weighted by Crippen LogP contribution is -2.14. The van der Waals surface area contributed by atoms with E-state index in [-0.39, 0.29) is 11.8 Å². The number of nitrogens with one attached hydrogen (secondary N) is 2. The predicted octanol–water partition coefficient (Wildman–Crippen LogP) is 3.59. The lowest BCUT2D eigenvalue weighted by atomic mass is 10.1. The number of anilines is 2. The minimum atomic E-state index is -0.145. The molecule has 0 aliphatic rings. The molecule has 0 spiro atoms. The molecule has 0 bridgehead atoms. The van der Waals surface area contributed by atoms with Crippen molar-refractivity contribution in [2.75, 3.05) is 10.6 Å². The lowest BCUT2D eigenvalue weighted by molar-refractivity contribution is -0.115. The SMILES string of the molecule is CC(=O)Nc1cccc(NC(=O)Cc2ccc(Br)cc2)c1. The van der Waals surface area contributed by atoms with E-state index in [9.17, 15) is 9.59 Å². The lowest BCUT2D eigenvalue weighted by Gasteiger charge is -2.08. The van der Waals surface area contributed by atoms with Gasteiger partial charge in [0, 0.05) is 22.8 Å². The molecule has 0 atom stereocenters. The Labute approximate surface area is 131 Å². The van der Waals surface area contributed by atoms with Crippen LogP contribution in [-0.4, -0.2) is 11.8 Å². The molecule has 2 N–H and O–H groups in total. The van der Waals surface area contributed by atoms with Crippen LogP contribution in [0.4, 0.5) is 11.4 Å². The number of benzene rings is 2. The number of hydrogen-bond donors (Lipinski definition) is 2. The van der Waals surface area contributed by atoms with E-state index in [1.807, 2.05) is 24.3 Å². The van der Waals surface area contributed by atoms with Crippen LogP contribution < -0.4 is 10.6 Å². The van der Waals surface area contributed by atoms with Crippen molar-refractivity contribution in [3.63, 3.8) is 0 Å². The first-order valence-corrected chi connectivity index (χ1v) is 7.24. The maximum atomic E-state index is 12.0. The smallest absolute Gasteiger partial charge is 0.228 e. The summed E-state index contributed by atoms with van der Waals surface area (Å²) in [5.74, 6) is -0.245. The van der Waals surface area contributed by atoms with Gasteiger partial charge in [0.25, 0.3) is 0 Å². The summed E-state index contributed by atoms with van der Waals surface area (Å²) in [6.07, 6.45) is 0.303. The fraction of sp³-hybridized carbons (Fsp3) is 0.125. The Morgan fingerprint density at radius 1 is 1.00 bits per heavy atom. The summed E-state index contributed by atoms with van der Waals surface area (Å²) in [6.45, 7) is 1.44. The van der Waals surface area contributed by atoms with Crippen molar-refractivity contribution in [2.24, 2.45) is 0 Å². The Hall–Kier alpha value is -2.14. The Bertz CT molecular complexity index is 654. The summed E-state index contributed by atoms with van der Waals surface area (Å²) in [7, 11) is 0. The Morgan fingerprint density at radius 2 is 1.62 bits per heavy atom. The van der Waals surface area contributed by atoms with Gasteiger partial charge in [-0.15, -0.1) is 0 Å². The number of hydrogen-bond acceptors (Lipinski definition) is 2. The molecule has 2 aromatic rings. The van der Waals surface area contributed by atoms with Crippen molar-refractivity contribution in [1.29, 1.82) is 0 Å². The number of amides is 2. The third kappa shape index (κ3) is 5.04. The molecule has 0 saturated carbocycles. The number of halogens is 1. The molecule has 2 rings (SSSR count). The molecule has 4 nitrogen and oxygen atoms in total. The molecular weight excluding hydrogens is 332 g/mol. The number of carbonyl (C=O) groups excluding carboxylic acids is 2. The molecule has 21 heavy (non-hydrogen) atoms. The monoisotopic (exact) mass is 346 g/mol. The van der Waals surface area contributed by atoms with E-state index >= 15 is 0 Å². The van der Waals surface area contributed by atoms with Crippen molar-refractivity contribution >= 4 is 39.1 Å². The first-order valence-electron chi connectivity index (χ1n) is 6.45. The van der Waals surface area contributed by atoms with E-state index in [1.54, 1.807) is 24.3 Å². The normalized spacial score (nSPS) is 10.0. The first-order chi connectivity index (χ1) is 10.0. The van der Waals surface area contributed by atoms with E-state index < -0.39 is 0 Å². The Balaban J connectivity index is 1.99. The van der Waals surface area contributed by atoms with E-state index in [1.165, 1.54) is 6.92 Å². The van der Waals surface area contributed by atoms with Gasteiger partial charge < -0.3 is 10.6 Å². The second-order valence-electron chi connectivity index (χ2n) is 4.61. The molecule has 2 aromatic carbocycles. The molecule has 0 aliphatic carbocycles. The second-order valence-corrected chi connectivity index (χ2v) is 5.53. The minimum absolute atomic E-state index is 0.0997. The van der Waals surface area contributed by atoms with Crippen molar-refractivity contribution in [1.82, 2.24) is 0 Å².